The SMILES string of the molecule is Cc1ncc(CO)c(C=NCCCN(C)c2ccccc2)c1O. The maximum absolute atomic E-state index is 10.0. The zero-order chi connectivity index (χ0) is 16.7. The molecule has 2 aromatic rings. The highest BCUT2D eigenvalue weighted by Crippen LogP contribution is 2.21. The van der Waals surface area contributed by atoms with Crippen molar-refractivity contribution in [2.75, 3.05) is 25.0 Å². The van der Waals surface area contributed by atoms with Gasteiger partial charge in [0.2, 0.25) is 0 Å². The van der Waals surface area contributed by atoms with Gasteiger partial charge in [0.1, 0.15) is 5.75 Å². The Morgan fingerprint density at radius 1 is 1.26 bits per heavy atom. The number of nitrogens with zero attached hydrogens (tertiary/aromatic N) is 3. The van der Waals surface area contributed by atoms with E-state index < -0.39 is 0 Å². The smallest absolute Gasteiger partial charge is 0.145 e. The minimum absolute atomic E-state index is 0.0849. The van der Waals surface area contributed by atoms with E-state index in [1.165, 1.54) is 5.69 Å². The van der Waals surface area contributed by atoms with E-state index in [1.807, 2.05) is 18.2 Å². The second-order valence-corrected chi connectivity index (χ2v) is 5.44. The molecule has 0 fully saturated rings. The summed E-state index contributed by atoms with van der Waals surface area (Å²) in [4.78, 5) is 10.6. The molecule has 1 aromatic heterocycles. The quantitative estimate of drug-likeness (QED) is 0.609. The Balaban J connectivity index is 1.89. The molecule has 0 saturated heterocycles. The average Bonchev–Trinajstić information content (AvgIpc) is 2.58. The number of aryl methyl sites for hydroxylation is 1. The van der Waals surface area contributed by atoms with Crippen LogP contribution >= 0.6 is 0 Å². The van der Waals surface area contributed by atoms with Crippen LogP contribution in [0.4, 0.5) is 5.69 Å². The lowest BCUT2D eigenvalue weighted by atomic mass is 10.1. The van der Waals surface area contributed by atoms with Crippen molar-refractivity contribution in [2.24, 2.45) is 4.99 Å². The largest absolute Gasteiger partial charge is 0.505 e. The number of benzene rings is 1. The summed E-state index contributed by atoms with van der Waals surface area (Å²) in [7, 11) is 2.06. The molecule has 1 heterocycles. The Morgan fingerprint density at radius 2 is 2.00 bits per heavy atom. The summed E-state index contributed by atoms with van der Waals surface area (Å²) >= 11 is 0. The van der Waals surface area contributed by atoms with E-state index in [9.17, 15) is 10.2 Å². The lowest BCUT2D eigenvalue weighted by Crippen LogP contribution is -2.18. The fourth-order valence-electron chi connectivity index (χ4n) is 2.29. The molecular weight excluding hydrogens is 290 g/mol. The van der Waals surface area contributed by atoms with Crippen LogP contribution in [0.15, 0.2) is 41.5 Å². The van der Waals surface area contributed by atoms with E-state index in [4.69, 9.17) is 0 Å². The van der Waals surface area contributed by atoms with E-state index in [0.29, 0.717) is 23.4 Å². The maximum atomic E-state index is 10.0. The monoisotopic (exact) mass is 313 g/mol. The molecular formula is C18H23N3O2. The highest BCUT2D eigenvalue weighted by atomic mass is 16.3. The molecule has 2 rings (SSSR count). The summed E-state index contributed by atoms with van der Waals surface area (Å²) in [5.74, 6) is 0.0849. The van der Waals surface area contributed by atoms with Gasteiger partial charge in [0, 0.05) is 49.4 Å². The third-order valence-corrected chi connectivity index (χ3v) is 3.73. The molecule has 0 amide bonds. The van der Waals surface area contributed by atoms with Gasteiger partial charge in [0.05, 0.1) is 12.3 Å². The number of aliphatic hydroxyl groups excluding tert-OH is 1. The van der Waals surface area contributed by atoms with Gasteiger partial charge < -0.3 is 15.1 Å². The van der Waals surface area contributed by atoms with Gasteiger partial charge in [-0.05, 0) is 25.5 Å². The normalized spacial score (nSPS) is 11.1. The van der Waals surface area contributed by atoms with Crippen LogP contribution in [0.2, 0.25) is 0 Å². The van der Waals surface area contributed by atoms with E-state index in [-0.39, 0.29) is 12.4 Å². The van der Waals surface area contributed by atoms with Crippen LogP contribution in [0, 0.1) is 6.92 Å². The third kappa shape index (κ3) is 4.53. The number of aliphatic hydroxyl groups is 1. The predicted molar refractivity (Wildman–Crippen MR) is 93.4 cm³/mol. The standard InChI is InChI=1S/C18H23N3O2/c1-14-18(23)17(15(13-22)11-20-14)12-19-9-6-10-21(2)16-7-4-3-5-8-16/h3-5,7-8,11-12,22-23H,6,9-10,13H2,1-2H3. The molecule has 2 N–H and O–H groups in total. The Morgan fingerprint density at radius 3 is 2.70 bits per heavy atom. The fourth-order valence-corrected chi connectivity index (χ4v) is 2.29. The number of hydrogen-bond acceptors (Lipinski definition) is 5. The molecule has 0 aliphatic heterocycles. The molecule has 0 unspecified atom stereocenters. The number of aromatic hydroxyl groups is 1. The molecule has 122 valence electrons. The van der Waals surface area contributed by atoms with Crippen molar-refractivity contribution in [3.8, 4) is 5.75 Å². The van der Waals surface area contributed by atoms with Crippen molar-refractivity contribution in [3.05, 3.63) is 53.3 Å². The van der Waals surface area contributed by atoms with Gasteiger partial charge in [0.25, 0.3) is 0 Å². The number of anilines is 1. The summed E-state index contributed by atoms with van der Waals surface area (Å²) in [6, 6.07) is 10.2. The molecule has 0 aliphatic carbocycles. The third-order valence-electron chi connectivity index (χ3n) is 3.73. The highest BCUT2D eigenvalue weighted by Gasteiger charge is 2.08. The Bertz CT molecular complexity index is 657. The van der Waals surface area contributed by atoms with Crippen LogP contribution < -0.4 is 4.90 Å². The molecule has 0 radical (unpaired) electrons. The average molecular weight is 313 g/mol. The first-order valence-corrected chi connectivity index (χ1v) is 7.67. The van der Waals surface area contributed by atoms with Crippen LogP contribution in [0.3, 0.4) is 0 Å². The first-order valence-electron chi connectivity index (χ1n) is 7.67. The summed E-state index contributed by atoms with van der Waals surface area (Å²) in [6.45, 7) is 3.11. The van der Waals surface area contributed by atoms with Gasteiger partial charge in [-0.15, -0.1) is 0 Å². The van der Waals surface area contributed by atoms with Crippen LogP contribution in [-0.2, 0) is 6.61 Å². The number of pyridine rings is 1. The van der Waals surface area contributed by atoms with E-state index in [2.05, 4.69) is 34.1 Å². The fraction of sp³-hybridized carbons (Fsp3) is 0.333. The van der Waals surface area contributed by atoms with Crippen LogP contribution in [0.25, 0.3) is 0 Å². The van der Waals surface area contributed by atoms with Gasteiger partial charge in [-0.3, -0.25) is 9.98 Å². The zero-order valence-corrected chi connectivity index (χ0v) is 13.6. The molecule has 0 spiro atoms. The number of para-hydroxylation sites is 1. The molecule has 5 nitrogen and oxygen atoms in total. The number of hydrogen-bond donors (Lipinski definition) is 2. The van der Waals surface area contributed by atoms with Crippen molar-refractivity contribution < 1.29 is 10.2 Å². The number of aliphatic imine (C=N–C) groups is 1. The van der Waals surface area contributed by atoms with Crippen LogP contribution in [0.5, 0.6) is 5.75 Å². The maximum Gasteiger partial charge on any atom is 0.145 e. The van der Waals surface area contributed by atoms with E-state index in [1.54, 1.807) is 19.3 Å². The molecule has 23 heavy (non-hydrogen) atoms. The first-order chi connectivity index (χ1) is 11.1. The van der Waals surface area contributed by atoms with Gasteiger partial charge >= 0.3 is 0 Å². The minimum atomic E-state index is -0.168. The highest BCUT2D eigenvalue weighted by molar-refractivity contribution is 5.85. The van der Waals surface area contributed by atoms with Crippen molar-refractivity contribution in [1.82, 2.24) is 4.98 Å². The van der Waals surface area contributed by atoms with Crippen molar-refractivity contribution in [3.63, 3.8) is 0 Å². The molecule has 0 bridgehead atoms. The Kier molecular flexibility index (Phi) is 6.11. The van der Waals surface area contributed by atoms with Crippen LogP contribution in [-0.4, -0.2) is 41.5 Å². The topological polar surface area (TPSA) is 69.0 Å². The lowest BCUT2D eigenvalue weighted by Gasteiger charge is -2.18. The summed E-state index contributed by atoms with van der Waals surface area (Å²) < 4.78 is 0. The van der Waals surface area contributed by atoms with Gasteiger partial charge in [0.15, 0.2) is 0 Å². The summed E-state index contributed by atoms with van der Waals surface area (Å²) in [5, 5.41) is 19.3. The molecule has 0 aliphatic rings. The van der Waals surface area contributed by atoms with E-state index in [0.717, 1.165) is 13.0 Å². The second kappa shape index (κ2) is 8.29. The zero-order valence-electron chi connectivity index (χ0n) is 13.6. The molecule has 5 heteroatoms. The predicted octanol–water partition coefficient (Wildman–Crippen LogP) is 2.53. The minimum Gasteiger partial charge on any atom is -0.505 e. The molecule has 0 saturated carbocycles. The Hall–Kier alpha value is -2.40. The summed E-state index contributed by atoms with van der Waals surface area (Å²) in [6.07, 6.45) is 4.10. The van der Waals surface area contributed by atoms with Crippen molar-refractivity contribution in [1.29, 1.82) is 0 Å². The summed E-state index contributed by atoms with van der Waals surface area (Å²) in [5.41, 5.74) is 2.85. The first kappa shape index (κ1) is 17.0. The van der Waals surface area contributed by atoms with E-state index >= 15 is 0 Å². The second-order valence-electron chi connectivity index (χ2n) is 5.44. The van der Waals surface area contributed by atoms with Crippen molar-refractivity contribution >= 4 is 11.9 Å². The van der Waals surface area contributed by atoms with Crippen molar-refractivity contribution in [2.45, 2.75) is 20.0 Å². The van der Waals surface area contributed by atoms with Gasteiger partial charge in [-0.25, -0.2) is 0 Å². The molecule has 1 aromatic carbocycles. The molecule has 0 atom stereocenters. The van der Waals surface area contributed by atoms with Gasteiger partial charge in [-0.1, -0.05) is 18.2 Å². The lowest BCUT2D eigenvalue weighted by molar-refractivity contribution is 0.280. The van der Waals surface area contributed by atoms with Gasteiger partial charge in [-0.2, -0.15) is 0 Å². The van der Waals surface area contributed by atoms with Crippen LogP contribution in [0.1, 0.15) is 23.2 Å². The number of rotatable bonds is 7. The Labute approximate surface area is 137 Å². The number of aromatic nitrogens is 1.